The molecule has 2 unspecified atom stereocenters. The summed E-state index contributed by atoms with van der Waals surface area (Å²) in [5, 5.41) is 9.17. The van der Waals surface area contributed by atoms with Crippen molar-refractivity contribution >= 4 is 28.4 Å². The van der Waals surface area contributed by atoms with Gasteiger partial charge in [-0.05, 0) is 66.3 Å². The fraction of sp³-hybridized carbons (Fsp3) is 0.238. The lowest BCUT2D eigenvalue weighted by Gasteiger charge is -2.39. The maximum Gasteiger partial charge on any atom is 0.125 e. The zero-order chi connectivity index (χ0) is 18.2. The van der Waals surface area contributed by atoms with Gasteiger partial charge in [0, 0.05) is 11.5 Å². The van der Waals surface area contributed by atoms with Crippen LogP contribution >= 0.6 is 11.6 Å². The minimum absolute atomic E-state index is 0.374. The summed E-state index contributed by atoms with van der Waals surface area (Å²) in [4.78, 5) is 4.32. The van der Waals surface area contributed by atoms with Crippen molar-refractivity contribution in [3.8, 4) is 6.07 Å². The van der Waals surface area contributed by atoms with Crippen LogP contribution in [0.2, 0.25) is 0 Å². The summed E-state index contributed by atoms with van der Waals surface area (Å²) in [6.45, 7) is 6.26. The molecule has 0 aromatic heterocycles. The van der Waals surface area contributed by atoms with E-state index in [2.05, 4.69) is 50.0 Å². The zero-order valence-corrected chi connectivity index (χ0v) is 15.3. The van der Waals surface area contributed by atoms with Crippen LogP contribution in [-0.2, 0) is 0 Å². The van der Waals surface area contributed by atoms with Crippen molar-refractivity contribution in [2.75, 3.05) is 0 Å². The van der Waals surface area contributed by atoms with Gasteiger partial charge in [-0.15, -0.1) is 0 Å². The molecule has 0 amide bonds. The molecule has 4 heteroatoms. The number of halogens is 1. The Bertz CT molecular complexity index is 902. The number of hydrogen-bond acceptors (Lipinski definition) is 3. The third-order valence-electron chi connectivity index (χ3n) is 4.89. The Morgan fingerprint density at radius 2 is 2.00 bits per heavy atom. The van der Waals surface area contributed by atoms with E-state index >= 15 is 0 Å². The molecule has 0 spiro atoms. The average molecular weight is 350 g/mol. The number of aryl methyl sites for hydroxylation is 2. The van der Waals surface area contributed by atoms with E-state index < -0.39 is 6.17 Å². The second kappa shape index (κ2) is 6.48. The fourth-order valence-corrected chi connectivity index (χ4v) is 3.81. The second-order valence-corrected chi connectivity index (χ2v) is 7.06. The lowest BCUT2D eigenvalue weighted by molar-refractivity contribution is 0.414. The molecule has 0 saturated carbocycles. The number of nitriles is 1. The van der Waals surface area contributed by atoms with Crippen LogP contribution in [0.3, 0.4) is 0 Å². The van der Waals surface area contributed by atoms with Gasteiger partial charge in [-0.3, -0.25) is 4.99 Å². The molecule has 1 aliphatic carbocycles. The molecule has 0 bridgehead atoms. The van der Waals surface area contributed by atoms with E-state index in [-0.39, 0.29) is 5.41 Å². The summed E-state index contributed by atoms with van der Waals surface area (Å²) in [5.41, 5.74) is 12.6. The van der Waals surface area contributed by atoms with Crippen LogP contribution in [0.4, 0.5) is 0 Å². The largest absolute Gasteiger partial charge is 0.309 e. The van der Waals surface area contributed by atoms with Crippen molar-refractivity contribution in [2.24, 2.45) is 16.1 Å². The van der Waals surface area contributed by atoms with Crippen molar-refractivity contribution in [3.05, 3.63) is 70.3 Å². The molecule has 1 heterocycles. The van der Waals surface area contributed by atoms with Crippen LogP contribution in [0.15, 0.2) is 53.1 Å². The number of allylic oxidation sites excluding steroid dienone is 5. The Labute approximate surface area is 153 Å². The first-order valence-corrected chi connectivity index (χ1v) is 8.53. The van der Waals surface area contributed by atoms with Crippen LogP contribution < -0.4 is 5.73 Å². The van der Waals surface area contributed by atoms with Gasteiger partial charge in [0.25, 0.3) is 0 Å². The molecule has 126 valence electrons. The molecule has 1 aromatic carbocycles. The summed E-state index contributed by atoms with van der Waals surface area (Å²) >= 11 is 6.21. The molecule has 2 N–H and O–H groups in total. The smallest absolute Gasteiger partial charge is 0.125 e. The average Bonchev–Trinajstić information content (AvgIpc) is 2.54. The highest BCUT2D eigenvalue weighted by molar-refractivity contribution is 6.68. The summed E-state index contributed by atoms with van der Waals surface area (Å²) in [6, 6.07) is 6.21. The first-order chi connectivity index (χ1) is 11.9. The summed E-state index contributed by atoms with van der Waals surface area (Å²) in [6.07, 6.45) is 11.1. The Hall–Kier alpha value is -2.41. The normalized spacial score (nSPS) is 25.1. The van der Waals surface area contributed by atoms with Crippen molar-refractivity contribution < 1.29 is 0 Å². The van der Waals surface area contributed by atoms with Crippen molar-refractivity contribution in [3.63, 3.8) is 0 Å². The van der Waals surface area contributed by atoms with Crippen LogP contribution in [0.25, 0.3) is 11.6 Å². The maximum absolute atomic E-state index is 8.74. The third-order valence-corrected chi connectivity index (χ3v) is 5.10. The van der Waals surface area contributed by atoms with E-state index in [1.807, 2.05) is 24.3 Å². The molecule has 25 heavy (non-hydrogen) atoms. The first-order valence-electron chi connectivity index (χ1n) is 8.15. The molecule has 2 aliphatic rings. The monoisotopic (exact) mass is 349 g/mol. The van der Waals surface area contributed by atoms with Gasteiger partial charge in [0.05, 0.1) is 6.07 Å². The van der Waals surface area contributed by atoms with E-state index in [1.54, 1.807) is 0 Å². The summed E-state index contributed by atoms with van der Waals surface area (Å²) in [5.74, 6) is 0. The van der Waals surface area contributed by atoms with Crippen molar-refractivity contribution in [1.29, 1.82) is 5.26 Å². The minimum atomic E-state index is -0.404. The minimum Gasteiger partial charge on any atom is -0.309 e. The molecule has 3 rings (SSSR count). The van der Waals surface area contributed by atoms with Gasteiger partial charge in [0.1, 0.15) is 11.3 Å². The Kier molecular flexibility index (Phi) is 4.51. The standard InChI is InChI=1S/C21H20ClN3/c1-13-10-15(6-5-9-23)11-14(2)19(13)16-7-4-8-21(3)17(16)12-18(22)25-20(21)24/h4-8,10-12,20H,24H2,1-3H3/b6-5+. The quantitative estimate of drug-likeness (QED) is 0.789. The van der Waals surface area contributed by atoms with Crippen LogP contribution in [0, 0.1) is 30.6 Å². The SMILES string of the molecule is Cc1cc(/C=C/C#N)cc(C)c1C1=CC=CC2(C)C1=CC(Cl)=NC2N. The molecule has 0 radical (unpaired) electrons. The molecular formula is C21H20ClN3. The number of dihydropyridines is 1. The van der Waals surface area contributed by atoms with Gasteiger partial charge in [0.2, 0.25) is 0 Å². The van der Waals surface area contributed by atoms with E-state index in [1.165, 1.54) is 11.6 Å². The molecule has 0 fully saturated rings. The van der Waals surface area contributed by atoms with Crippen molar-refractivity contribution in [2.45, 2.75) is 26.9 Å². The van der Waals surface area contributed by atoms with E-state index in [0.717, 1.165) is 27.8 Å². The Morgan fingerprint density at radius 1 is 1.32 bits per heavy atom. The van der Waals surface area contributed by atoms with E-state index in [4.69, 9.17) is 22.6 Å². The van der Waals surface area contributed by atoms with Gasteiger partial charge in [-0.1, -0.05) is 42.0 Å². The summed E-state index contributed by atoms with van der Waals surface area (Å²) in [7, 11) is 0. The Morgan fingerprint density at radius 3 is 2.64 bits per heavy atom. The maximum atomic E-state index is 8.74. The fourth-order valence-electron chi connectivity index (χ4n) is 3.60. The number of nitrogens with zero attached hydrogens (tertiary/aromatic N) is 2. The topological polar surface area (TPSA) is 62.2 Å². The predicted molar refractivity (Wildman–Crippen MR) is 105 cm³/mol. The van der Waals surface area contributed by atoms with Gasteiger partial charge in [0.15, 0.2) is 0 Å². The van der Waals surface area contributed by atoms with Crippen molar-refractivity contribution in [1.82, 2.24) is 0 Å². The van der Waals surface area contributed by atoms with Crippen LogP contribution in [0.5, 0.6) is 0 Å². The molecule has 1 aromatic rings. The number of fused-ring (bicyclic) bond motifs is 1. The summed E-state index contributed by atoms with van der Waals surface area (Å²) < 4.78 is 0. The number of benzene rings is 1. The van der Waals surface area contributed by atoms with E-state index in [9.17, 15) is 0 Å². The van der Waals surface area contributed by atoms with Crippen LogP contribution in [-0.4, -0.2) is 11.3 Å². The predicted octanol–water partition coefficient (Wildman–Crippen LogP) is 4.66. The van der Waals surface area contributed by atoms with Gasteiger partial charge in [-0.2, -0.15) is 5.26 Å². The molecule has 0 saturated heterocycles. The number of hydrogen-bond donors (Lipinski definition) is 1. The highest BCUT2D eigenvalue weighted by Gasteiger charge is 2.39. The molecule has 1 aliphatic heterocycles. The number of aliphatic imine (C=N–C) groups is 1. The molecule has 3 nitrogen and oxygen atoms in total. The van der Waals surface area contributed by atoms with Crippen LogP contribution in [0.1, 0.15) is 29.2 Å². The lowest BCUT2D eigenvalue weighted by Crippen LogP contribution is -2.42. The second-order valence-electron chi connectivity index (χ2n) is 6.67. The first kappa shape index (κ1) is 17.4. The number of rotatable bonds is 2. The Balaban J connectivity index is 2.16. The molecule has 2 atom stereocenters. The van der Waals surface area contributed by atoms with Gasteiger partial charge in [-0.25, -0.2) is 0 Å². The van der Waals surface area contributed by atoms with Gasteiger partial charge < -0.3 is 5.73 Å². The number of nitrogens with two attached hydrogens (primary N) is 1. The molecular weight excluding hydrogens is 330 g/mol. The lowest BCUT2D eigenvalue weighted by atomic mass is 9.69. The van der Waals surface area contributed by atoms with E-state index in [0.29, 0.717) is 5.17 Å². The zero-order valence-electron chi connectivity index (χ0n) is 14.5. The third kappa shape index (κ3) is 3.00. The highest BCUT2D eigenvalue weighted by Crippen LogP contribution is 2.47. The van der Waals surface area contributed by atoms with Gasteiger partial charge >= 0.3 is 0 Å². The highest BCUT2D eigenvalue weighted by atomic mass is 35.5.